The van der Waals surface area contributed by atoms with Crippen LogP contribution in [0.5, 0.6) is 0 Å². The molecule has 1 N–H and O–H groups in total. The first-order valence-corrected chi connectivity index (χ1v) is 9.96. The Bertz CT molecular complexity index is 1050. The van der Waals surface area contributed by atoms with Gasteiger partial charge in [-0.3, -0.25) is 14.0 Å². The molecule has 28 heavy (non-hydrogen) atoms. The van der Waals surface area contributed by atoms with Crippen LogP contribution >= 0.6 is 11.8 Å². The minimum absolute atomic E-state index is 0.0186. The van der Waals surface area contributed by atoms with Crippen molar-refractivity contribution in [1.82, 2.24) is 14.3 Å². The zero-order valence-corrected chi connectivity index (χ0v) is 16.1. The number of amides is 2. The summed E-state index contributed by atoms with van der Waals surface area (Å²) in [7, 11) is 0. The molecule has 1 aromatic carbocycles. The number of thioether (sulfide) groups is 1. The number of aromatic nitrogens is 2. The Morgan fingerprint density at radius 1 is 1.29 bits per heavy atom. The number of halogens is 1. The summed E-state index contributed by atoms with van der Waals surface area (Å²) in [5.74, 6) is 0.771. The van der Waals surface area contributed by atoms with Gasteiger partial charge in [-0.2, -0.15) is 0 Å². The molecule has 3 aromatic rings. The van der Waals surface area contributed by atoms with Crippen LogP contribution in [0.3, 0.4) is 0 Å². The van der Waals surface area contributed by atoms with E-state index in [4.69, 9.17) is 0 Å². The smallest absolute Gasteiger partial charge is 0.281 e. The monoisotopic (exact) mass is 398 g/mol. The molecule has 1 saturated heterocycles. The first-order valence-electron chi connectivity index (χ1n) is 8.97. The van der Waals surface area contributed by atoms with Crippen molar-refractivity contribution in [1.29, 1.82) is 0 Å². The molecule has 0 saturated carbocycles. The summed E-state index contributed by atoms with van der Waals surface area (Å²) >= 11 is 1.28. The molecule has 0 radical (unpaired) electrons. The quantitative estimate of drug-likeness (QED) is 0.707. The van der Waals surface area contributed by atoms with Crippen LogP contribution < -0.4 is 5.32 Å². The maximum absolute atomic E-state index is 13.3. The number of hydrogen-bond donors (Lipinski definition) is 1. The highest BCUT2D eigenvalue weighted by atomic mass is 32.2. The predicted molar refractivity (Wildman–Crippen MR) is 108 cm³/mol. The van der Waals surface area contributed by atoms with Crippen LogP contribution in [-0.2, 0) is 4.79 Å². The summed E-state index contributed by atoms with van der Waals surface area (Å²) < 4.78 is 15.1. The van der Waals surface area contributed by atoms with Crippen molar-refractivity contribution in [3.05, 3.63) is 54.0 Å². The van der Waals surface area contributed by atoms with E-state index >= 15 is 0 Å². The summed E-state index contributed by atoms with van der Waals surface area (Å²) in [5, 5.41) is 2.95. The van der Waals surface area contributed by atoms with Crippen molar-refractivity contribution >= 4 is 34.4 Å². The van der Waals surface area contributed by atoms with E-state index in [0.717, 1.165) is 11.3 Å². The lowest BCUT2D eigenvalue weighted by Crippen LogP contribution is -2.28. The van der Waals surface area contributed by atoms with Gasteiger partial charge < -0.3 is 10.2 Å². The van der Waals surface area contributed by atoms with Gasteiger partial charge in [0.2, 0.25) is 5.91 Å². The Balaban J connectivity index is 1.62. The zero-order chi connectivity index (χ0) is 19.7. The highest BCUT2D eigenvalue weighted by Gasteiger charge is 2.22. The van der Waals surface area contributed by atoms with Gasteiger partial charge in [0.25, 0.3) is 5.24 Å². The van der Waals surface area contributed by atoms with Gasteiger partial charge in [-0.05, 0) is 48.9 Å². The zero-order valence-electron chi connectivity index (χ0n) is 15.3. The van der Waals surface area contributed by atoms with Crippen molar-refractivity contribution in [3.8, 4) is 11.3 Å². The minimum atomic E-state index is -0.331. The normalized spacial score (nSPS) is 14.1. The number of anilines is 1. The number of imidazole rings is 1. The Kier molecular flexibility index (Phi) is 5.04. The van der Waals surface area contributed by atoms with E-state index in [-0.39, 0.29) is 23.4 Å². The third-order valence-electron chi connectivity index (χ3n) is 4.61. The number of carbonyl (C=O) groups is 2. The molecule has 4 rings (SSSR count). The van der Waals surface area contributed by atoms with Gasteiger partial charge in [-0.15, -0.1) is 0 Å². The second-order valence-electron chi connectivity index (χ2n) is 6.65. The van der Waals surface area contributed by atoms with E-state index in [1.807, 2.05) is 25.3 Å². The Hall–Kier alpha value is -2.87. The molecule has 3 heterocycles. The van der Waals surface area contributed by atoms with Gasteiger partial charge >= 0.3 is 0 Å². The van der Waals surface area contributed by atoms with E-state index < -0.39 is 0 Å². The molecule has 0 atom stereocenters. The standard InChI is InChI=1S/C20H19FN4O2S/c1-13-6-9-25-16(12-13)22-18(14-2-4-15(21)5-3-14)19(25)23-17(26)7-8-24-10-11-28-20(24)27/h2-6,9,12H,7-8,10-11H2,1H3,(H,23,26). The van der Waals surface area contributed by atoms with Crippen LogP contribution in [0, 0.1) is 12.7 Å². The van der Waals surface area contributed by atoms with E-state index in [9.17, 15) is 14.0 Å². The molecule has 1 fully saturated rings. The molecule has 0 aliphatic carbocycles. The molecule has 1 aliphatic heterocycles. The number of aryl methyl sites for hydroxylation is 1. The summed E-state index contributed by atoms with van der Waals surface area (Å²) in [5.41, 5.74) is 3.03. The molecule has 0 bridgehead atoms. The molecule has 0 unspecified atom stereocenters. The fourth-order valence-corrected chi connectivity index (χ4v) is 3.99. The summed E-state index contributed by atoms with van der Waals surface area (Å²) in [4.78, 5) is 30.6. The van der Waals surface area contributed by atoms with E-state index in [1.165, 1.54) is 23.9 Å². The van der Waals surface area contributed by atoms with E-state index in [0.29, 0.717) is 35.8 Å². The molecule has 8 heteroatoms. The van der Waals surface area contributed by atoms with Crippen LogP contribution in [0.4, 0.5) is 15.0 Å². The number of nitrogens with one attached hydrogen (secondary N) is 1. The van der Waals surface area contributed by atoms with Crippen molar-refractivity contribution in [2.24, 2.45) is 0 Å². The SMILES string of the molecule is Cc1ccn2c(NC(=O)CCN3CCSC3=O)c(-c3ccc(F)cc3)nc2c1. The lowest BCUT2D eigenvalue weighted by molar-refractivity contribution is -0.116. The van der Waals surface area contributed by atoms with E-state index in [1.54, 1.807) is 21.4 Å². The molecular formula is C20H19FN4O2S. The van der Waals surface area contributed by atoms with Crippen molar-refractivity contribution in [2.75, 3.05) is 24.2 Å². The molecule has 2 amide bonds. The number of fused-ring (bicyclic) bond motifs is 1. The minimum Gasteiger partial charge on any atom is -0.332 e. The predicted octanol–water partition coefficient (Wildman–Crippen LogP) is 3.95. The highest BCUT2D eigenvalue weighted by Crippen LogP contribution is 2.29. The number of carbonyl (C=O) groups excluding carboxylic acids is 2. The van der Waals surface area contributed by atoms with Crippen LogP contribution in [-0.4, -0.2) is 44.3 Å². The average molecular weight is 398 g/mol. The number of hydrogen-bond acceptors (Lipinski definition) is 4. The summed E-state index contributed by atoms with van der Waals surface area (Å²) in [6.45, 7) is 3.03. The van der Waals surface area contributed by atoms with Crippen molar-refractivity contribution in [3.63, 3.8) is 0 Å². The largest absolute Gasteiger partial charge is 0.332 e. The third-order valence-corrected chi connectivity index (χ3v) is 5.50. The lowest BCUT2D eigenvalue weighted by atomic mass is 10.1. The highest BCUT2D eigenvalue weighted by molar-refractivity contribution is 8.13. The first-order chi connectivity index (χ1) is 13.5. The van der Waals surface area contributed by atoms with Crippen LogP contribution in [0.15, 0.2) is 42.6 Å². The van der Waals surface area contributed by atoms with Crippen LogP contribution in [0.2, 0.25) is 0 Å². The van der Waals surface area contributed by atoms with Gasteiger partial charge in [0.15, 0.2) is 0 Å². The van der Waals surface area contributed by atoms with Gasteiger partial charge in [-0.1, -0.05) is 11.8 Å². The second-order valence-corrected chi connectivity index (χ2v) is 7.69. The topological polar surface area (TPSA) is 66.7 Å². The molecule has 1 aliphatic rings. The number of rotatable bonds is 5. The Morgan fingerprint density at radius 3 is 2.79 bits per heavy atom. The van der Waals surface area contributed by atoms with Crippen LogP contribution in [0.25, 0.3) is 16.9 Å². The fourth-order valence-electron chi connectivity index (χ4n) is 3.13. The van der Waals surface area contributed by atoms with Gasteiger partial charge in [-0.25, -0.2) is 9.37 Å². The number of nitrogens with zero attached hydrogens (tertiary/aromatic N) is 3. The summed E-state index contributed by atoms with van der Waals surface area (Å²) in [6.07, 6.45) is 2.05. The van der Waals surface area contributed by atoms with E-state index in [2.05, 4.69) is 10.3 Å². The van der Waals surface area contributed by atoms with Gasteiger partial charge in [0.1, 0.15) is 23.0 Å². The molecule has 144 valence electrons. The Morgan fingerprint density at radius 2 is 2.07 bits per heavy atom. The molecular weight excluding hydrogens is 379 g/mol. The van der Waals surface area contributed by atoms with Crippen molar-refractivity contribution in [2.45, 2.75) is 13.3 Å². The fraction of sp³-hybridized carbons (Fsp3) is 0.250. The maximum atomic E-state index is 13.3. The van der Waals surface area contributed by atoms with Gasteiger partial charge in [0, 0.05) is 37.0 Å². The Labute approximate surface area is 165 Å². The maximum Gasteiger partial charge on any atom is 0.281 e. The molecule has 2 aromatic heterocycles. The lowest BCUT2D eigenvalue weighted by Gasteiger charge is -2.14. The molecule has 6 nitrogen and oxygen atoms in total. The average Bonchev–Trinajstić information content (AvgIpc) is 3.24. The van der Waals surface area contributed by atoms with Gasteiger partial charge in [0.05, 0.1) is 0 Å². The first kappa shape index (κ1) is 18.5. The summed E-state index contributed by atoms with van der Waals surface area (Å²) in [6, 6.07) is 9.86. The second kappa shape index (κ2) is 7.63. The number of pyridine rings is 1. The molecule has 0 spiro atoms. The van der Waals surface area contributed by atoms with Crippen molar-refractivity contribution < 1.29 is 14.0 Å². The van der Waals surface area contributed by atoms with Crippen LogP contribution in [0.1, 0.15) is 12.0 Å². The third kappa shape index (κ3) is 3.73. The number of benzene rings is 1.